The molecule has 21 heavy (non-hydrogen) atoms. The van der Waals surface area contributed by atoms with Crippen LogP contribution in [-0.4, -0.2) is 54.2 Å². The lowest BCUT2D eigenvalue weighted by molar-refractivity contribution is -0.148. The van der Waals surface area contributed by atoms with Crippen molar-refractivity contribution in [3.63, 3.8) is 0 Å². The van der Waals surface area contributed by atoms with Crippen molar-refractivity contribution in [2.75, 3.05) is 26.2 Å². The molecule has 3 aliphatic heterocycles. The molecule has 118 valence electrons. The lowest BCUT2D eigenvalue weighted by atomic mass is 9.84. The fraction of sp³-hybridized carbons (Fsp3) is 0.867. The Balaban J connectivity index is 1.49. The number of hydrogen-bond acceptors (Lipinski definition) is 3. The van der Waals surface area contributed by atoms with Crippen molar-refractivity contribution in [3.05, 3.63) is 0 Å². The van der Waals surface area contributed by atoms with Crippen LogP contribution in [0.2, 0.25) is 0 Å². The predicted molar refractivity (Wildman–Crippen MR) is 78.0 cm³/mol. The van der Waals surface area contributed by atoms with Gasteiger partial charge in [0.15, 0.2) is 0 Å². The van der Waals surface area contributed by atoms with Crippen LogP contribution in [0.25, 0.3) is 0 Å². The number of amides is 2. The molecule has 1 aliphatic carbocycles. The third kappa shape index (κ3) is 3.00. The van der Waals surface area contributed by atoms with Crippen LogP contribution >= 0.6 is 0 Å². The molecule has 2 amide bonds. The summed E-state index contributed by atoms with van der Waals surface area (Å²) in [5, 5.41) is 15.3. The number of fused-ring (bicyclic) bond motifs is 3. The van der Waals surface area contributed by atoms with E-state index in [0.29, 0.717) is 18.8 Å². The van der Waals surface area contributed by atoms with Crippen molar-refractivity contribution >= 4 is 12.0 Å². The molecule has 2 bridgehead atoms. The quantitative estimate of drug-likeness (QED) is 0.723. The Morgan fingerprint density at radius 3 is 2.38 bits per heavy atom. The molecule has 4 rings (SSSR count). The summed E-state index contributed by atoms with van der Waals surface area (Å²) in [7, 11) is 0. The Hall–Kier alpha value is -1.30. The highest BCUT2D eigenvalue weighted by Gasteiger charge is 2.42. The molecular formula is C15H25N3O3. The molecule has 6 nitrogen and oxygen atoms in total. The van der Waals surface area contributed by atoms with E-state index < -0.39 is 11.4 Å². The predicted octanol–water partition coefficient (Wildman–Crippen LogP) is 1.02. The molecule has 4 fully saturated rings. The van der Waals surface area contributed by atoms with E-state index in [1.165, 1.54) is 0 Å². The number of nitrogens with zero attached hydrogens (tertiary/aromatic N) is 1. The third-order valence-corrected chi connectivity index (χ3v) is 5.57. The largest absolute Gasteiger partial charge is 0.481 e. The average molecular weight is 295 g/mol. The number of rotatable bonds is 4. The Morgan fingerprint density at radius 2 is 1.86 bits per heavy atom. The number of carbonyl (C=O) groups is 2. The highest BCUT2D eigenvalue weighted by molar-refractivity contribution is 5.78. The fourth-order valence-corrected chi connectivity index (χ4v) is 4.12. The molecular weight excluding hydrogens is 270 g/mol. The standard InChI is InChI=1S/C15H25N3O3/c19-13(20)15(5-1-2-6-15)10-16-14(21)17-12-9-18-7-3-11(12)4-8-18/h11-12H,1-10H2,(H,19,20)(H2,16,17,21). The van der Waals surface area contributed by atoms with Gasteiger partial charge in [0.2, 0.25) is 0 Å². The van der Waals surface area contributed by atoms with E-state index in [-0.39, 0.29) is 18.6 Å². The van der Waals surface area contributed by atoms with Gasteiger partial charge in [-0.25, -0.2) is 4.79 Å². The molecule has 3 heterocycles. The third-order valence-electron chi connectivity index (χ3n) is 5.57. The molecule has 0 spiro atoms. The minimum atomic E-state index is -0.775. The molecule has 1 saturated carbocycles. The van der Waals surface area contributed by atoms with Crippen molar-refractivity contribution in [1.29, 1.82) is 0 Å². The van der Waals surface area contributed by atoms with Crippen LogP contribution in [0.1, 0.15) is 38.5 Å². The maximum absolute atomic E-state index is 12.1. The van der Waals surface area contributed by atoms with E-state index in [9.17, 15) is 14.7 Å². The van der Waals surface area contributed by atoms with E-state index in [0.717, 1.165) is 45.3 Å². The Labute approximate surface area is 125 Å². The minimum Gasteiger partial charge on any atom is -0.481 e. The highest BCUT2D eigenvalue weighted by atomic mass is 16.4. The second kappa shape index (κ2) is 5.83. The zero-order valence-electron chi connectivity index (χ0n) is 12.4. The molecule has 6 heteroatoms. The Bertz CT molecular complexity index is 412. The molecule has 0 aromatic carbocycles. The number of aliphatic carboxylic acids is 1. The van der Waals surface area contributed by atoms with Gasteiger partial charge in [0.05, 0.1) is 5.41 Å². The van der Waals surface area contributed by atoms with Gasteiger partial charge in [0, 0.05) is 19.1 Å². The number of hydrogen-bond donors (Lipinski definition) is 3. The average Bonchev–Trinajstić information content (AvgIpc) is 2.97. The summed E-state index contributed by atoms with van der Waals surface area (Å²) in [6, 6.07) is 0.0122. The van der Waals surface area contributed by atoms with Gasteiger partial charge < -0.3 is 20.6 Å². The highest BCUT2D eigenvalue weighted by Crippen LogP contribution is 2.37. The zero-order valence-corrected chi connectivity index (χ0v) is 12.4. The number of carboxylic acids is 1. The SMILES string of the molecule is O=C(NCC1(C(=O)O)CCCC1)NC1CN2CCC1CC2. The fourth-order valence-electron chi connectivity index (χ4n) is 4.12. The molecule has 0 aromatic rings. The van der Waals surface area contributed by atoms with Crippen LogP contribution in [0.5, 0.6) is 0 Å². The van der Waals surface area contributed by atoms with Crippen LogP contribution in [0, 0.1) is 11.3 Å². The van der Waals surface area contributed by atoms with Crippen LogP contribution in [-0.2, 0) is 4.79 Å². The molecule has 3 saturated heterocycles. The zero-order chi connectivity index (χ0) is 14.9. The maximum Gasteiger partial charge on any atom is 0.315 e. The first-order valence-corrected chi connectivity index (χ1v) is 8.09. The maximum atomic E-state index is 12.1. The first kappa shape index (κ1) is 14.6. The summed E-state index contributed by atoms with van der Waals surface area (Å²) < 4.78 is 0. The molecule has 4 aliphatic rings. The summed E-state index contributed by atoms with van der Waals surface area (Å²) in [4.78, 5) is 25.9. The van der Waals surface area contributed by atoms with Gasteiger partial charge in [-0.1, -0.05) is 12.8 Å². The Kier molecular flexibility index (Phi) is 4.06. The first-order chi connectivity index (χ1) is 10.1. The van der Waals surface area contributed by atoms with Crippen molar-refractivity contribution in [2.24, 2.45) is 11.3 Å². The van der Waals surface area contributed by atoms with E-state index >= 15 is 0 Å². The normalized spacial score (nSPS) is 33.6. The number of nitrogens with one attached hydrogen (secondary N) is 2. The Morgan fingerprint density at radius 1 is 1.19 bits per heavy atom. The summed E-state index contributed by atoms with van der Waals surface area (Å²) >= 11 is 0. The van der Waals surface area contributed by atoms with Gasteiger partial charge in [0.25, 0.3) is 0 Å². The van der Waals surface area contributed by atoms with E-state index in [2.05, 4.69) is 15.5 Å². The van der Waals surface area contributed by atoms with Gasteiger partial charge in [-0.05, 0) is 44.7 Å². The van der Waals surface area contributed by atoms with Gasteiger partial charge in [0.1, 0.15) is 0 Å². The van der Waals surface area contributed by atoms with Gasteiger partial charge in [-0.2, -0.15) is 0 Å². The topological polar surface area (TPSA) is 81.7 Å². The summed E-state index contributed by atoms with van der Waals surface area (Å²) in [6.45, 7) is 3.47. The number of carboxylic acid groups (broad SMARTS) is 1. The summed E-state index contributed by atoms with van der Waals surface area (Å²) in [5.41, 5.74) is -0.744. The second-order valence-electron chi connectivity index (χ2n) is 6.86. The smallest absolute Gasteiger partial charge is 0.315 e. The van der Waals surface area contributed by atoms with Crippen LogP contribution in [0.15, 0.2) is 0 Å². The molecule has 0 radical (unpaired) electrons. The first-order valence-electron chi connectivity index (χ1n) is 8.09. The molecule has 0 aromatic heterocycles. The van der Waals surface area contributed by atoms with Crippen molar-refractivity contribution < 1.29 is 14.7 Å². The van der Waals surface area contributed by atoms with Gasteiger partial charge in [-0.3, -0.25) is 4.79 Å². The monoisotopic (exact) mass is 295 g/mol. The lowest BCUT2D eigenvalue weighted by Crippen LogP contribution is -2.59. The second-order valence-corrected chi connectivity index (χ2v) is 6.86. The number of carbonyl (C=O) groups excluding carboxylic acids is 1. The molecule has 1 unspecified atom stereocenters. The summed E-state index contributed by atoms with van der Waals surface area (Å²) in [5.74, 6) is -0.191. The van der Waals surface area contributed by atoms with Crippen molar-refractivity contribution in [1.82, 2.24) is 15.5 Å². The number of urea groups is 1. The summed E-state index contributed by atoms with van der Waals surface area (Å²) in [6.07, 6.45) is 5.53. The van der Waals surface area contributed by atoms with Crippen LogP contribution in [0.3, 0.4) is 0 Å². The molecule has 1 atom stereocenters. The molecule has 3 N–H and O–H groups in total. The van der Waals surface area contributed by atoms with Crippen LogP contribution in [0.4, 0.5) is 4.79 Å². The van der Waals surface area contributed by atoms with Crippen molar-refractivity contribution in [2.45, 2.75) is 44.6 Å². The lowest BCUT2D eigenvalue weighted by Gasteiger charge is -2.44. The number of piperidine rings is 3. The van der Waals surface area contributed by atoms with E-state index in [1.807, 2.05) is 0 Å². The van der Waals surface area contributed by atoms with E-state index in [1.54, 1.807) is 0 Å². The van der Waals surface area contributed by atoms with Crippen LogP contribution < -0.4 is 10.6 Å². The minimum absolute atomic E-state index is 0.207. The van der Waals surface area contributed by atoms with E-state index in [4.69, 9.17) is 0 Å². The van der Waals surface area contributed by atoms with Gasteiger partial charge >= 0.3 is 12.0 Å². The van der Waals surface area contributed by atoms with Crippen molar-refractivity contribution in [3.8, 4) is 0 Å². The van der Waals surface area contributed by atoms with Gasteiger partial charge in [-0.15, -0.1) is 0 Å².